The van der Waals surface area contributed by atoms with Crippen molar-refractivity contribution in [1.29, 1.82) is 0 Å². The number of benzene rings is 1. The van der Waals surface area contributed by atoms with Gasteiger partial charge in [-0.2, -0.15) is 0 Å². The van der Waals surface area contributed by atoms with Crippen LogP contribution in [0.2, 0.25) is 0 Å². The van der Waals surface area contributed by atoms with E-state index in [9.17, 15) is 0 Å². The Morgan fingerprint density at radius 1 is 1.19 bits per heavy atom. The van der Waals surface area contributed by atoms with Gasteiger partial charge in [-0.25, -0.2) is 4.98 Å². The van der Waals surface area contributed by atoms with Crippen molar-refractivity contribution in [2.75, 3.05) is 40.9 Å². The van der Waals surface area contributed by atoms with Gasteiger partial charge in [0.1, 0.15) is 5.01 Å². The molecule has 0 bridgehead atoms. The summed E-state index contributed by atoms with van der Waals surface area (Å²) in [6.07, 6.45) is 1.02. The van der Waals surface area contributed by atoms with Crippen LogP contribution in [0.3, 0.4) is 0 Å². The molecule has 0 atom stereocenters. The van der Waals surface area contributed by atoms with Gasteiger partial charge in [-0.1, -0.05) is 13.8 Å². The second-order valence-electron chi connectivity index (χ2n) is 7.68. The third-order valence-electron chi connectivity index (χ3n) is 5.31. The molecule has 1 aliphatic rings. The Balaban J connectivity index is 0.00000341. The van der Waals surface area contributed by atoms with Gasteiger partial charge in [0.15, 0.2) is 17.5 Å². The highest BCUT2D eigenvalue weighted by Gasteiger charge is 2.19. The molecule has 0 aliphatic carbocycles. The van der Waals surface area contributed by atoms with Crippen LogP contribution in [0.15, 0.2) is 22.5 Å². The van der Waals surface area contributed by atoms with Gasteiger partial charge >= 0.3 is 0 Å². The maximum absolute atomic E-state index is 5.46. The van der Waals surface area contributed by atoms with E-state index in [1.807, 2.05) is 0 Å². The molecule has 2 N–H and O–H groups in total. The molecule has 0 fully saturated rings. The highest BCUT2D eigenvalue weighted by atomic mass is 127. The second kappa shape index (κ2) is 12.4. The molecule has 0 radical (unpaired) electrons. The fourth-order valence-corrected chi connectivity index (χ4v) is 4.41. The van der Waals surface area contributed by atoms with Crippen LogP contribution in [0.1, 0.15) is 41.6 Å². The lowest BCUT2D eigenvalue weighted by atomic mass is 9.99. The number of thiazole rings is 1. The summed E-state index contributed by atoms with van der Waals surface area (Å²) in [6.45, 7) is 8.75. The fourth-order valence-electron chi connectivity index (χ4n) is 3.52. The minimum absolute atomic E-state index is 0. The number of hydrogen-bond acceptors (Lipinski definition) is 6. The van der Waals surface area contributed by atoms with E-state index < -0.39 is 0 Å². The van der Waals surface area contributed by atoms with E-state index in [2.05, 4.69) is 56.9 Å². The molecule has 1 aromatic carbocycles. The quantitative estimate of drug-likeness (QED) is 0.293. The first-order valence-electron chi connectivity index (χ1n) is 10.4. The molecule has 172 valence electrons. The predicted molar refractivity (Wildman–Crippen MR) is 138 cm³/mol. The number of nitrogens with one attached hydrogen (secondary N) is 2. The average Bonchev–Trinajstić information content (AvgIpc) is 3.24. The zero-order chi connectivity index (χ0) is 21.5. The molecule has 3 rings (SSSR count). The molecule has 0 saturated heterocycles. The number of halogens is 1. The first-order valence-corrected chi connectivity index (χ1v) is 11.3. The van der Waals surface area contributed by atoms with Gasteiger partial charge in [0.05, 0.1) is 26.5 Å². The highest BCUT2D eigenvalue weighted by Crippen LogP contribution is 2.33. The van der Waals surface area contributed by atoms with Gasteiger partial charge in [-0.05, 0) is 35.6 Å². The maximum Gasteiger partial charge on any atom is 0.191 e. The van der Waals surface area contributed by atoms with Crippen molar-refractivity contribution in [3.63, 3.8) is 0 Å². The number of aromatic nitrogens is 1. The standard InChI is InChI=1S/C22H33N5O2S.HI/c1-15(2)18-14-30-21(26-18)12-25-22(23-3)24-7-9-27-8-6-16-10-19(28-4)20(29-5)11-17(16)13-27;/h10-11,14-15H,6-9,12-13H2,1-5H3,(H2,23,24,25);1H. The molecule has 31 heavy (non-hydrogen) atoms. The van der Waals surface area contributed by atoms with Crippen molar-refractivity contribution in [3.05, 3.63) is 39.3 Å². The fraction of sp³-hybridized carbons (Fsp3) is 0.545. The molecular formula is C22H34IN5O2S. The van der Waals surface area contributed by atoms with Crippen molar-refractivity contribution in [3.8, 4) is 11.5 Å². The zero-order valence-electron chi connectivity index (χ0n) is 19.0. The lowest BCUT2D eigenvalue weighted by Crippen LogP contribution is -2.42. The van der Waals surface area contributed by atoms with E-state index in [0.29, 0.717) is 12.5 Å². The van der Waals surface area contributed by atoms with Crippen molar-refractivity contribution in [1.82, 2.24) is 20.5 Å². The second-order valence-corrected chi connectivity index (χ2v) is 8.62. The van der Waals surface area contributed by atoms with E-state index in [4.69, 9.17) is 9.47 Å². The summed E-state index contributed by atoms with van der Waals surface area (Å²) < 4.78 is 10.9. The van der Waals surface area contributed by atoms with Gasteiger partial charge < -0.3 is 20.1 Å². The van der Waals surface area contributed by atoms with Gasteiger partial charge in [-0.15, -0.1) is 35.3 Å². The summed E-state index contributed by atoms with van der Waals surface area (Å²) in [4.78, 5) is 11.4. The number of rotatable bonds is 8. The monoisotopic (exact) mass is 559 g/mol. The number of ether oxygens (including phenoxy) is 2. The van der Waals surface area contributed by atoms with Crippen molar-refractivity contribution < 1.29 is 9.47 Å². The SMILES string of the molecule is CN=C(NCCN1CCc2cc(OC)c(OC)cc2C1)NCc1nc(C(C)C)cs1.I. The Labute approximate surface area is 206 Å². The van der Waals surface area contributed by atoms with E-state index >= 15 is 0 Å². The van der Waals surface area contributed by atoms with Crippen molar-refractivity contribution in [2.24, 2.45) is 4.99 Å². The summed E-state index contributed by atoms with van der Waals surface area (Å²) >= 11 is 1.69. The predicted octanol–water partition coefficient (Wildman–Crippen LogP) is 3.63. The normalized spacial score (nSPS) is 14.1. The Hall–Kier alpha value is -1.59. The van der Waals surface area contributed by atoms with E-state index in [0.717, 1.165) is 60.8 Å². The summed E-state index contributed by atoms with van der Waals surface area (Å²) in [5, 5.41) is 9.99. The number of fused-ring (bicyclic) bond motifs is 1. The summed E-state index contributed by atoms with van der Waals surface area (Å²) in [5.41, 5.74) is 3.81. The van der Waals surface area contributed by atoms with Crippen LogP contribution >= 0.6 is 35.3 Å². The Morgan fingerprint density at radius 2 is 1.90 bits per heavy atom. The maximum atomic E-state index is 5.46. The number of guanidine groups is 1. The largest absolute Gasteiger partial charge is 0.493 e. The molecule has 2 heterocycles. The Morgan fingerprint density at radius 3 is 2.52 bits per heavy atom. The van der Waals surface area contributed by atoms with E-state index in [-0.39, 0.29) is 24.0 Å². The first-order chi connectivity index (χ1) is 14.5. The van der Waals surface area contributed by atoms with Crippen molar-refractivity contribution in [2.45, 2.75) is 39.3 Å². The van der Waals surface area contributed by atoms with Gasteiger partial charge in [0.2, 0.25) is 0 Å². The van der Waals surface area contributed by atoms with Crippen LogP contribution in [-0.2, 0) is 19.5 Å². The van der Waals surface area contributed by atoms with Crippen LogP contribution < -0.4 is 20.1 Å². The van der Waals surface area contributed by atoms with E-state index in [1.54, 1.807) is 32.6 Å². The summed E-state index contributed by atoms with van der Waals surface area (Å²) in [7, 11) is 5.17. The topological polar surface area (TPSA) is 71.0 Å². The Kier molecular flexibility index (Phi) is 10.3. The smallest absolute Gasteiger partial charge is 0.191 e. The molecular weight excluding hydrogens is 525 g/mol. The minimum atomic E-state index is 0. The minimum Gasteiger partial charge on any atom is -0.493 e. The molecule has 7 nitrogen and oxygen atoms in total. The lowest BCUT2D eigenvalue weighted by Gasteiger charge is -2.29. The van der Waals surface area contributed by atoms with Crippen LogP contribution in [-0.4, -0.2) is 56.7 Å². The summed E-state index contributed by atoms with van der Waals surface area (Å²) in [6, 6.07) is 4.21. The molecule has 1 aliphatic heterocycles. The van der Waals surface area contributed by atoms with E-state index in [1.165, 1.54) is 11.1 Å². The van der Waals surface area contributed by atoms with Crippen LogP contribution in [0.4, 0.5) is 0 Å². The van der Waals surface area contributed by atoms with Gasteiger partial charge in [0.25, 0.3) is 0 Å². The zero-order valence-corrected chi connectivity index (χ0v) is 22.2. The lowest BCUT2D eigenvalue weighted by molar-refractivity contribution is 0.256. The third kappa shape index (κ3) is 6.95. The molecule has 1 aromatic heterocycles. The van der Waals surface area contributed by atoms with Crippen LogP contribution in [0.5, 0.6) is 11.5 Å². The van der Waals surface area contributed by atoms with Crippen LogP contribution in [0.25, 0.3) is 0 Å². The molecule has 9 heteroatoms. The highest BCUT2D eigenvalue weighted by molar-refractivity contribution is 14.0. The number of hydrogen-bond donors (Lipinski definition) is 2. The van der Waals surface area contributed by atoms with Crippen molar-refractivity contribution >= 4 is 41.3 Å². The molecule has 0 unspecified atom stereocenters. The number of aliphatic imine (C=N–C) groups is 1. The third-order valence-corrected chi connectivity index (χ3v) is 6.18. The first kappa shape index (κ1) is 25.7. The van der Waals surface area contributed by atoms with Gasteiger partial charge in [0, 0.05) is 38.6 Å². The van der Waals surface area contributed by atoms with Gasteiger partial charge in [-0.3, -0.25) is 9.89 Å². The molecule has 2 aromatic rings. The Bertz CT molecular complexity index is 872. The molecule has 0 amide bonds. The number of methoxy groups -OCH3 is 2. The molecule has 0 saturated carbocycles. The average molecular weight is 560 g/mol. The summed E-state index contributed by atoms with van der Waals surface area (Å²) in [5.74, 6) is 2.87. The number of nitrogens with zero attached hydrogens (tertiary/aromatic N) is 3. The van der Waals surface area contributed by atoms with Crippen LogP contribution in [0, 0.1) is 0 Å². The molecule has 0 spiro atoms.